The average molecular weight is 352 g/mol. The van der Waals surface area contributed by atoms with Gasteiger partial charge in [0.15, 0.2) is 11.1 Å². The van der Waals surface area contributed by atoms with Gasteiger partial charge in [-0.3, -0.25) is 5.41 Å². The third-order valence-electron chi connectivity index (χ3n) is 4.65. The van der Waals surface area contributed by atoms with E-state index in [2.05, 4.69) is 39.2 Å². The summed E-state index contributed by atoms with van der Waals surface area (Å²) in [7, 11) is 0. The number of imidazole rings is 1. The molecular formula is C21H16N6. The van der Waals surface area contributed by atoms with Crippen molar-refractivity contribution in [3.63, 3.8) is 0 Å². The minimum atomic E-state index is 0.193. The van der Waals surface area contributed by atoms with Gasteiger partial charge < -0.3 is 9.55 Å². The molecule has 0 saturated carbocycles. The molecule has 0 bridgehead atoms. The molecule has 5 rings (SSSR count). The number of nitrogens with one attached hydrogen (secondary N) is 2. The van der Waals surface area contributed by atoms with Crippen molar-refractivity contribution in [3.05, 3.63) is 84.4 Å². The number of aromatic nitrogens is 5. The van der Waals surface area contributed by atoms with Gasteiger partial charge in [-0.1, -0.05) is 48.5 Å². The first-order valence-electron chi connectivity index (χ1n) is 8.67. The molecule has 27 heavy (non-hydrogen) atoms. The Morgan fingerprint density at radius 1 is 0.963 bits per heavy atom. The largest absolute Gasteiger partial charge is 0.340 e. The highest BCUT2D eigenvalue weighted by molar-refractivity contribution is 5.83. The summed E-state index contributed by atoms with van der Waals surface area (Å²) in [6.07, 6.45) is 3.26. The normalized spacial score (nSPS) is 11.3. The second-order valence-electron chi connectivity index (χ2n) is 6.38. The molecule has 0 aliphatic heterocycles. The fourth-order valence-corrected chi connectivity index (χ4v) is 3.35. The van der Waals surface area contributed by atoms with Crippen LogP contribution in [0.3, 0.4) is 0 Å². The van der Waals surface area contributed by atoms with Crippen LogP contribution in [-0.4, -0.2) is 24.5 Å². The van der Waals surface area contributed by atoms with Crippen LogP contribution in [0, 0.1) is 5.41 Å². The summed E-state index contributed by atoms with van der Waals surface area (Å²) in [4.78, 5) is 16.5. The third-order valence-corrected chi connectivity index (χ3v) is 4.65. The summed E-state index contributed by atoms with van der Waals surface area (Å²) in [5.41, 5.74) is 5.60. The zero-order valence-electron chi connectivity index (χ0n) is 14.4. The summed E-state index contributed by atoms with van der Waals surface area (Å²) in [6, 6.07) is 20.5. The maximum atomic E-state index is 7.93. The van der Waals surface area contributed by atoms with Gasteiger partial charge in [0.2, 0.25) is 0 Å². The highest BCUT2D eigenvalue weighted by Gasteiger charge is 2.12. The van der Waals surface area contributed by atoms with Crippen molar-refractivity contribution >= 4 is 22.1 Å². The van der Waals surface area contributed by atoms with Gasteiger partial charge in [0.05, 0.1) is 30.4 Å². The van der Waals surface area contributed by atoms with Gasteiger partial charge in [-0.15, -0.1) is 0 Å². The molecule has 130 valence electrons. The molecule has 0 aliphatic rings. The second-order valence-corrected chi connectivity index (χ2v) is 6.38. The zero-order chi connectivity index (χ0) is 18.2. The van der Waals surface area contributed by atoms with E-state index in [1.54, 1.807) is 12.7 Å². The van der Waals surface area contributed by atoms with Crippen LogP contribution in [0.15, 0.2) is 73.3 Å². The molecule has 3 aromatic heterocycles. The van der Waals surface area contributed by atoms with Crippen molar-refractivity contribution in [2.24, 2.45) is 0 Å². The lowest BCUT2D eigenvalue weighted by Crippen LogP contribution is -2.13. The molecule has 2 N–H and O–H groups in total. The first-order valence-corrected chi connectivity index (χ1v) is 8.67. The molecule has 0 spiro atoms. The molecule has 0 radical (unpaired) electrons. The van der Waals surface area contributed by atoms with Crippen molar-refractivity contribution < 1.29 is 0 Å². The average Bonchev–Trinajstić information content (AvgIpc) is 3.21. The molecule has 2 aromatic carbocycles. The molecular weight excluding hydrogens is 336 g/mol. The van der Waals surface area contributed by atoms with E-state index in [9.17, 15) is 0 Å². The third kappa shape index (κ3) is 2.67. The minimum absolute atomic E-state index is 0.193. The number of para-hydroxylation sites is 1. The highest BCUT2D eigenvalue weighted by Crippen LogP contribution is 2.26. The Labute approximate surface area is 154 Å². The van der Waals surface area contributed by atoms with Gasteiger partial charge in [0.25, 0.3) is 0 Å². The van der Waals surface area contributed by atoms with E-state index < -0.39 is 0 Å². The zero-order valence-corrected chi connectivity index (χ0v) is 14.4. The number of fused-ring (bicyclic) bond motifs is 2. The van der Waals surface area contributed by atoms with Crippen LogP contribution in [0.1, 0.15) is 5.56 Å². The van der Waals surface area contributed by atoms with E-state index in [0.717, 1.165) is 27.7 Å². The summed E-state index contributed by atoms with van der Waals surface area (Å²) < 4.78 is 1.95. The number of H-pyrrole nitrogens is 1. The van der Waals surface area contributed by atoms with Crippen LogP contribution in [0.4, 0.5) is 0 Å². The van der Waals surface area contributed by atoms with Crippen LogP contribution in [0.25, 0.3) is 33.3 Å². The summed E-state index contributed by atoms with van der Waals surface area (Å²) in [5, 5.41) is 9.03. The Morgan fingerprint density at radius 3 is 2.67 bits per heavy atom. The molecule has 5 aromatic rings. The predicted molar refractivity (Wildman–Crippen MR) is 104 cm³/mol. The Bertz CT molecular complexity index is 1320. The topological polar surface area (TPSA) is 83.2 Å². The molecule has 0 aliphatic carbocycles. The van der Waals surface area contributed by atoms with Crippen molar-refractivity contribution in [1.82, 2.24) is 24.5 Å². The number of rotatable bonds is 3. The number of hydrogen-bond acceptors (Lipinski definition) is 4. The lowest BCUT2D eigenvalue weighted by Gasteiger charge is -2.13. The molecule has 0 saturated heterocycles. The number of nitrogens with zero attached hydrogens (tertiary/aromatic N) is 4. The van der Waals surface area contributed by atoms with E-state index in [4.69, 9.17) is 10.4 Å². The van der Waals surface area contributed by atoms with Gasteiger partial charge in [-0.25, -0.2) is 15.0 Å². The molecule has 0 atom stereocenters. The molecule has 0 fully saturated rings. The van der Waals surface area contributed by atoms with Crippen LogP contribution in [-0.2, 0) is 6.54 Å². The fraction of sp³-hybridized carbons (Fsp3) is 0.0476. The smallest absolute Gasteiger partial charge is 0.173 e. The van der Waals surface area contributed by atoms with E-state index >= 15 is 0 Å². The van der Waals surface area contributed by atoms with Gasteiger partial charge >= 0.3 is 0 Å². The molecule has 6 heteroatoms. The summed E-state index contributed by atoms with van der Waals surface area (Å²) >= 11 is 0. The number of benzene rings is 2. The van der Waals surface area contributed by atoms with Gasteiger partial charge in [-0.05, 0) is 17.7 Å². The van der Waals surface area contributed by atoms with Crippen molar-refractivity contribution in [2.75, 3.05) is 0 Å². The maximum absolute atomic E-state index is 7.93. The molecule has 6 nitrogen and oxygen atoms in total. The van der Waals surface area contributed by atoms with E-state index in [1.165, 1.54) is 0 Å². The summed E-state index contributed by atoms with van der Waals surface area (Å²) in [6.45, 7) is 0.566. The molecule has 0 amide bonds. The monoisotopic (exact) mass is 352 g/mol. The fourth-order valence-electron chi connectivity index (χ4n) is 3.35. The molecule has 3 heterocycles. The minimum Gasteiger partial charge on any atom is -0.340 e. The lowest BCUT2D eigenvalue weighted by atomic mass is 10.0. The Kier molecular flexibility index (Phi) is 3.53. The lowest BCUT2D eigenvalue weighted by molar-refractivity contribution is 0.783. The summed E-state index contributed by atoms with van der Waals surface area (Å²) in [5.74, 6) is 0. The SMILES string of the molecule is N=c1ncn(Cc2cc3ccccc3nc2-c2ccccc2)c2nc[nH]c12. The Balaban J connectivity index is 1.72. The van der Waals surface area contributed by atoms with Gasteiger partial charge in [0, 0.05) is 10.9 Å². The van der Waals surface area contributed by atoms with Crippen molar-refractivity contribution in [1.29, 1.82) is 5.41 Å². The number of hydrogen-bond donors (Lipinski definition) is 2. The standard InChI is InChI=1S/C21H16N6/c22-20-19-21(24-12-23-19)27(13-25-20)11-16-10-15-8-4-5-9-17(15)26-18(16)14-6-2-1-3-7-14/h1-10,12-13,22H,11H2,(H,23,24). The van der Waals surface area contributed by atoms with Crippen molar-refractivity contribution in [2.45, 2.75) is 6.54 Å². The van der Waals surface area contributed by atoms with Crippen LogP contribution < -0.4 is 5.49 Å². The predicted octanol–water partition coefficient (Wildman–Crippen LogP) is 3.50. The van der Waals surface area contributed by atoms with E-state index in [0.29, 0.717) is 17.7 Å². The highest BCUT2D eigenvalue weighted by atomic mass is 15.1. The first kappa shape index (κ1) is 15.5. The van der Waals surface area contributed by atoms with Crippen LogP contribution >= 0.6 is 0 Å². The van der Waals surface area contributed by atoms with Crippen LogP contribution in [0.2, 0.25) is 0 Å². The quantitative estimate of drug-likeness (QED) is 0.521. The molecule has 0 unspecified atom stereocenters. The number of aromatic amines is 1. The van der Waals surface area contributed by atoms with Gasteiger partial charge in [0.1, 0.15) is 5.52 Å². The van der Waals surface area contributed by atoms with E-state index in [1.807, 2.05) is 41.0 Å². The van der Waals surface area contributed by atoms with Crippen LogP contribution in [0.5, 0.6) is 0 Å². The van der Waals surface area contributed by atoms with Gasteiger partial charge in [-0.2, -0.15) is 0 Å². The maximum Gasteiger partial charge on any atom is 0.173 e. The van der Waals surface area contributed by atoms with Crippen molar-refractivity contribution in [3.8, 4) is 11.3 Å². The van der Waals surface area contributed by atoms with E-state index in [-0.39, 0.29) is 5.49 Å². The Hall–Kier alpha value is -3.80. The number of pyridine rings is 1. The first-order chi connectivity index (χ1) is 13.3. The Morgan fingerprint density at radius 2 is 1.78 bits per heavy atom. The second kappa shape index (κ2) is 6.17.